The molecule has 2 N–H and O–H groups in total. The standard InChI is InChI=1S/C14H13ClFNO3S/c1-9(18)10-2-5-12(6-3-10)21(19,20)17-11-4-7-14(16)13(15)8-11/h2-9,17-18H,1H3. The lowest BCUT2D eigenvalue weighted by Crippen LogP contribution is -2.13. The minimum Gasteiger partial charge on any atom is -0.389 e. The Hall–Kier alpha value is -1.63. The highest BCUT2D eigenvalue weighted by Gasteiger charge is 2.15. The summed E-state index contributed by atoms with van der Waals surface area (Å²) in [6.07, 6.45) is -0.675. The van der Waals surface area contributed by atoms with Gasteiger partial charge in [0.2, 0.25) is 0 Å². The molecule has 0 aliphatic heterocycles. The molecule has 0 radical (unpaired) electrons. The van der Waals surface area contributed by atoms with Crippen molar-refractivity contribution >= 4 is 27.3 Å². The van der Waals surface area contributed by atoms with Crippen LogP contribution in [-0.2, 0) is 10.0 Å². The van der Waals surface area contributed by atoms with Crippen LogP contribution < -0.4 is 4.72 Å². The maximum atomic E-state index is 13.0. The number of aliphatic hydroxyl groups is 1. The fourth-order valence-electron chi connectivity index (χ4n) is 1.70. The van der Waals surface area contributed by atoms with E-state index >= 15 is 0 Å². The summed E-state index contributed by atoms with van der Waals surface area (Å²) in [7, 11) is -3.80. The number of anilines is 1. The zero-order chi connectivity index (χ0) is 15.6. The van der Waals surface area contributed by atoms with Gasteiger partial charge in [0.15, 0.2) is 0 Å². The van der Waals surface area contributed by atoms with Gasteiger partial charge in [0.1, 0.15) is 5.82 Å². The zero-order valence-electron chi connectivity index (χ0n) is 11.0. The van der Waals surface area contributed by atoms with Crippen molar-refractivity contribution in [2.75, 3.05) is 4.72 Å². The number of hydrogen-bond acceptors (Lipinski definition) is 3. The molecule has 0 heterocycles. The van der Waals surface area contributed by atoms with Crippen LogP contribution in [0.15, 0.2) is 47.4 Å². The second kappa shape index (κ2) is 6.01. The van der Waals surface area contributed by atoms with Crippen LogP contribution >= 0.6 is 11.6 Å². The highest BCUT2D eigenvalue weighted by Crippen LogP contribution is 2.23. The lowest BCUT2D eigenvalue weighted by atomic mass is 10.1. The summed E-state index contributed by atoms with van der Waals surface area (Å²) in [5.41, 5.74) is 0.778. The van der Waals surface area contributed by atoms with Crippen molar-refractivity contribution in [1.29, 1.82) is 0 Å². The summed E-state index contributed by atoms with van der Waals surface area (Å²) < 4.78 is 39.7. The quantitative estimate of drug-likeness (QED) is 0.904. The van der Waals surface area contributed by atoms with Crippen LogP contribution in [-0.4, -0.2) is 13.5 Å². The second-order valence-electron chi connectivity index (χ2n) is 4.48. The van der Waals surface area contributed by atoms with Gasteiger partial charge in [-0.2, -0.15) is 0 Å². The van der Waals surface area contributed by atoms with Crippen LogP contribution in [0.5, 0.6) is 0 Å². The summed E-state index contributed by atoms with van der Waals surface area (Å²) >= 11 is 5.61. The van der Waals surface area contributed by atoms with Gasteiger partial charge in [0.25, 0.3) is 10.0 Å². The molecule has 1 unspecified atom stereocenters. The van der Waals surface area contributed by atoms with Crippen LogP contribution in [0.1, 0.15) is 18.6 Å². The fourth-order valence-corrected chi connectivity index (χ4v) is 2.93. The summed E-state index contributed by atoms with van der Waals surface area (Å²) in [5.74, 6) is -0.624. The fraction of sp³-hybridized carbons (Fsp3) is 0.143. The lowest BCUT2D eigenvalue weighted by Gasteiger charge is -2.10. The molecule has 1 atom stereocenters. The Morgan fingerprint density at radius 1 is 1.19 bits per heavy atom. The molecule has 0 saturated heterocycles. The highest BCUT2D eigenvalue weighted by atomic mass is 35.5. The van der Waals surface area contributed by atoms with E-state index in [-0.39, 0.29) is 15.6 Å². The molecule has 7 heteroatoms. The third-order valence-electron chi connectivity index (χ3n) is 2.84. The maximum Gasteiger partial charge on any atom is 0.261 e. The van der Waals surface area contributed by atoms with Gasteiger partial charge in [-0.15, -0.1) is 0 Å². The Kier molecular flexibility index (Phi) is 4.51. The average molecular weight is 330 g/mol. The first kappa shape index (κ1) is 15.8. The van der Waals surface area contributed by atoms with Crippen molar-refractivity contribution < 1.29 is 17.9 Å². The molecule has 0 fully saturated rings. The van der Waals surface area contributed by atoms with Crippen LogP contribution in [0.2, 0.25) is 5.02 Å². The number of benzene rings is 2. The second-order valence-corrected chi connectivity index (χ2v) is 6.57. The summed E-state index contributed by atoms with van der Waals surface area (Å²) in [4.78, 5) is 0.0346. The predicted octanol–water partition coefficient (Wildman–Crippen LogP) is 3.33. The highest BCUT2D eigenvalue weighted by molar-refractivity contribution is 7.92. The first-order valence-corrected chi connectivity index (χ1v) is 7.91. The number of hydrogen-bond donors (Lipinski definition) is 2. The number of sulfonamides is 1. The molecule has 0 spiro atoms. The van der Waals surface area contributed by atoms with Gasteiger partial charge in [0.05, 0.1) is 21.7 Å². The Morgan fingerprint density at radius 3 is 2.33 bits per heavy atom. The van der Waals surface area contributed by atoms with Crippen LogP contribution in [0.4, 0.5) is 10.1 Å². The van der Waals surface area contributed by atoms with Crippen LogP contribution in [0.25, 0.3) is 0 Å². The monoisotopic (exact) mass is 329 g/mol. The number of halogens is 2. The first-order chi connectivity index (χ1) is 9.79. The van der Waals surface area contributed by atoms with Gasteiger partial charge in [0, 0.05) is 0 Å². The topological polar surface area (TPSA) is 66.4 Å². The number of rotatable bonds is 4. The van der Waals surface area contributed by atoms with Crippen molar-refractivity contribution in [2.24, 2.45) is 0 Å². The summed E-state index contributed by atoms with van der Waals surface area (Å²) in [6.45, 7) is 1.59. The van der Waals surface area contributed by atoms with E-state index in [9.17, 15) is 17.9 Å². The molecule has 0 aromatic heterocycles. The molecule has 4 nitrogen and oxygen atoms in total. The Morgan fingerprint density at radius 2 is 1.81 bits per heavy atom. The van der Waals surface area contributed by atoms with E-state index in [1.807, 2.05) is 0 Å². The SMILES string of the molecule is CC(O)c1ccc(S(=O)(=O)Nc2ccc(F)c(Cl)c2)cc1. The van der Waals surface area contributed by atoms with E-state index in [0.717, 1.165) is 6.07 Å². The molecule has 21 heavy (non-hydrogen) atoms. The average Bonchev–Trinajstić information content (AvgIpc) is 2.43. The van der Waals surface area contributed by atoms with Crippen molar-refractivity contribution in [1.82, 2.24) is 0 Å². The lowest BCUT2D eigenvalue weighted by molar-refractivity contribution is 0.199. The Balaban J connectivity index is 2.27. The first-order valence-electron chi connectivity index (χ1n) is 6.05. The predicted molar refractivity (Wildman–Crippen MR) is 79.3 cm³/mol. The molecule has 0 aliphatic carbocycles. The Labute approximate surface area is 127 Å². The summed E-state index contributed by atoms with van der Waals surface area (Å²) in [6, 6.07) is 9.37. The molecule has 0 saturated carbocycles. The van der Waals surface area contributed by atoms with Crippen LogP contribution in [0.3, 0.4) is 0 Å². The largest absolute Gasteiger partial charge is 0.389 e. The molecular formula is C14H13ClFNO3S. The van der Waals surface area contributed by atoms with Gasteiger partial charge >= 0.3 is 0 Å². The van der Waals surface area contributed by atoms with Crippen molar-refractivity contribution in [3.8, 4) is 0 Å². The van der Waals surface area contributed by atoms with E-state index in [4.69, 9.17) is 11.6 Å². The molecule has 0 aliphatic rings. The molecule has 2 aromatic carbocycles. The molecule has 2 rings (SSSR count). The van der Waals surface area contributed by atoms with Crippen molar-refractivity contribution in [3.05, 3.63) is 58.9 Å². The minimum absolute atomic E-state index is 0.0346. The van der Waals surface area contributed by atoms with E-state index in [0.29, 0.717) is 5.56 Å². The van der Waals surface area contributed by atoms with Gasteiger partial charge in [-0.1, -0.05) is 23.7 Å². The Bertz CT molecular complexity index is 745. The van der Waals surface area contributed by atoms with Crippen LogP contribution in [0, 0.1) is 5.82 Å². The minimum atomic E-state index is -3.80. The van der Waals surface area contributed by atoms with E-state index in [1.165, 1.54) is 36.4 Å². The third kappa shape index (κ3) is 3.72. The smallest absolute Gasteiger partial charge is 0.261 e. The maximum absolute atomic E-state index is 13.0. The van der Waals surface area contributed by atoms with Crippen molar-refractivity contribution in [2.45, 2.75) is 17.9 Å². The van der Waals surface area contributed by atoms with E-state index < -0.39 is 21.9 Å². The van der Waals surface area contributed by atoms with E-state index in [2.05, 4.69) is 4.72 Å². The molecule has 0 amide bonds. The number of aliphatic hydroxyl groups excluding tert-OH is 1. The summed E-state index contributed by atoms with van der Waals surface area (Å²) in [5, 5.41) is 9.23. The van der Waals surface area contributed by atoms with Gasteiger partial charge in [-0.25, -0.2) is 12.8 Å². The normalized spacial score (nSPS) is 13.0. The van der Waals surface area contributed by atoms with Gasteiger partial charge in [-0.3, -0.25) is 4.72 Å². The number of nitrogens with one attached hydrogen (secondary N) is 1. The van der Waals surface area contributed by atoms with Gasteiger partial charge < -0.3 is 5.11 Å². The third-order valence-corrected chi connectivity index (χ3v) is 4.53. The molecule has 0 bridgehead atoms. The van der Waals surface area contributed by atoms with Crippen molar-refractivity contribution in [3.63, 3.8) is 0 Å². The van der Waals surface area contributed by atoms with Gasteiger partial charge in [-0.05, 0) is 42.8 Å². The molecular weight excluding hydrogens is 317 g/mol. The zero-order valence-corrected chi connectivity index (χ0v) is 12.6. The van der Waals surface area contributed by atoms with E-state index in [1.54, 1.807) is 6.92 Å². The molecule has 2 aromatic rings. The molecule has 112 valence electrons.